The van der Waals surface area contributed by atoms with Crippen molar-refractivity contribution in [2.45, 2.75) is 45.6 Å². The largest absolute Gasteiger partial charge is 0.341 e. The summed E-state index contributed by atoms with van der Waals surface area (Å²) in [5.74, 6) is 1.37. The predicted octanol–water partition coefficient (Wildman–Crippen LogP) is 2.10. The molecule has 0 atom stereocenters. The van der Waals surface area contributed by atoms with E-state index in [-0.39, 0.29) is 0 Å². The highest BCUT2D eigenvalue weighted by atomic mass is 15.3. The zero-order valence-corrected chi connectivity index (χ0v) is 11.9. The molecule has 0 spiro atoms. The normalized spacial score (nSPS) is 17.5. The maximum absolute atomic E-state index is 4.70. The van der Waals surface area contributed by atoms with Crippen LogP contribution in [0.4, 0.5) is 5.95 Å². The van der Waals surface area contributed by atoms with E-state index in [1.165, 1.54) is 12.8 Å². The number of hydrogen-bond acceptors (Lipinski definition) is 4. The fourth-order valence-electron chi connectivity index (χ4n) is 2.38. The van der Waals surface area contributed by atoms with Gasteiger partial charge in [0.15, 0.2) is 0 Å². The highest BCUT2D eigenvalue weighted by Crippen LogP contribution is 2.20. The molecule has 0 saturated carbocycles. The first kappa shape index (κ1) is 13.3. The molecule has 4 heteroatoms. The second-order valence-electron chi connectivity index (χ2n) is 5.44. The van der Waals surface area contributed by atoms with Gasteiger partial charge in [0.05, 0.1) is 0 Å². The molecular formula is C14H24N4. The molecule has 1 aromatic rings. The second-order valence-corrected chi connectivity index (χ2v) is 5.44. The molecule has 2 rings (SSSR count). The summed E-state index contributed by atoms with van der Waals surface area (Å²) in [6.07, 6.45) is 2.34. The molecule has 4 nitrogen and oxygen atoms in total. The van der Waals surface area contributed by atoms with E-state index in [1.54, 1.807) is 0 Å². The maximum atomic E-state index is 4.70. The van der Waals surface area contributed by atoms with Crippen molar-refractivity contribution < 1.29 is 0 Å². The molecule has 0 amide bonds. The van der Waals surface area contributed by atoms with Crippen molar-refractivity contribution in [1.29, 1.82) is 0 Å². The molecule has 1 aliphatic rings. The van der Waals surface area contributed by atoms with E-state index in [4.69, 9.17) is 4.98 Å². The Morgan fingerprint density at radius 1 is 1.28 bits per heavy atom. The molecule has 18 heavy (non-hydrogen) atoms. The number of nitrogens with one attached hydrogen (secondary N) is 1. The Bertz CT molecular complexity index is 395. The molecule has 100 valence electrons. The van der Waals surface area contributed by atoms with Crippen molar-refractivity contribution in [2.24, 2.45) is 0 Å². The summed E-state index contributed by atoms with van der Waals surface area (Å²) in [6, 6.07) is 2.74. The summed E-state index contributed by atoms with van der Waals surface area (Å²) in [5.41, 5.74) is 2.22. The van der Waals surface area contributed by atoms with Crippen LogP contribution in [0.25, 0.3) is 0 Å². The molecule has 1 fully saturated rings. The molecule has 2 heterocycles. The minimum absolute atomic E-state index is 0.459. The van der Waals surface area contributed by atoms with Crippen LogP contribution < -0.4 is 10.2 Å². The van der Waals surface area contributed by atoms with E-state index in [0.717, 1.165) is 30.4 Å². The van der Waals surface area contributed by atoms with Gasteiger partial charge < -0.3 is 10.2 Å². The summed E-state index contributed by atoms with van der Waals surface area (Å²) in [6.45, 7) is 8.51. The van der Waals surface area contributed by atoms with E-state index in [1.807, 2.05) is 7.05 Å². The molecule has 1 aliphatic heterocycles. The highest BCUT2D eigenvalue weighted by Gasteiger charge is 2.20. The van der Waals surface area contributed by atoms with Crippen LogP contribution in [-0.4, -0.2) is 36.1 Å². The number of rotatable bonds is 3. The van der Waals surface area contributed by atoms with Crippen molar-refractivity contribution in [3.05, 3.63) is 17.5 Å². The number of anilines is 1. The minimum atomic E-state index is 0.459. The lowest BCUT2D eigenvalue weighted by Gasteiger charge is -2.32. The average Bonchev–Trinajstić information content (AvgIpc) is 2.38. The van der Waals surface area contributed by atoms with Crippen LogP contribution in [0, 0.1) is 6.92 Å². The Balaban J connectivity index is 2.13. The van der Waals surface area contributed by atoms with Crippen molar-refractivity contribution >= 4 is 5.95 Å². The van der Waals surface area contributed by atoms with Crippen LogP contribution in [0.2, 0.25) is 0 Å². The number of aromatic nitrogens is 2. The van der Waals surface area contributed by atoms with Crippen LogP contribution in [0.5, 0.6) is 0 Å². The quantitative estimate of drug-likeness (QED) is 0.889. The third kappa shape index (κ3) is 2.99. The number of nitrogens with zero attached hydrogens (tertiary/aromatic N) is 3. The minimum Gasteiger partial charge on any atom is -0.341 e. The van der Waals surface area contributed by atoms with Gasteiger partial charge in [-0.05, 0) is 38.8 Å². The Morgan fingerprint density at radius 2 is 1.94 bits per heavy atom. The lowest BCUT2D eigenvalue weighted by molar-refractivity contribution is 0.438. The van der Waals surface area contributed by atoms with Gasteiger partial charge in [-0.1, -0.05) is 13.8 Å². The lowest BCUT2D eigenvalue weighted by atomic mass is 10.1. The van der Waals surface area contributed by atoms with Crippen LogP contribution in [0.3, 0.4) is 0 Å². The van der Waals surface area contributed by atoms with Gasteiger partial charge in [0, 0.05) is 30.5 Å². The van der Waals surface area contributed by atoms with Crippen LogP contribution >= 0.6 is 0 Å². The molecule has 0 aromatic carbocycles. The Morgan fingerprint density at radius 3 is 2.50 bits per heavy atom. The van der Waals surface area contributed by atoms with Gasteiger partial charge in [0.2, 0.25) is 5.95 Å². The molecule has 1 saturated heterocycles. The van der Waals surface area contributed by atoms with E-state index < -0.39 is 0 Å². The number of aryl methyl sites for hydroxylation is 1. The van der Waals surface area contributed by atoms with Crippen LogP contribution in [-0.2, 0) is 0 Å². The maximum Gasteiger partial charge on any atom is 0.225 e. The van der Waals surface area contributed by atoms with E-state index in [9.17, 15) is 0 Å². The monoisotopic (exact) mass is 248 g/mol. The van der Waals surface area contributed by atoms with Gasteiger partial charge in [0.1, 0.15) is 0 Å². The zero-order valence-electron chi connectivity index (χ0n) is 11.9. The standard InChI is InChI=1S/C14H24N4/c1-10(2)13-9-11(3)16-14(17-13)18-7-5-12(15-4)6-8-18/h9-10,12,15H,5-8H2,1-4H3. The summed E-state index contributed by atoms with van der Waals surface area (Å²) in [4.78, 5) is 11.6. The first-order chi connectivity index (χ1) is 8.60. The molecule has 0 radical (unpaired) electrons. The summed E-state index contributed by atoms with van der Waals surface area (Å²) in [7, 11) is 2.04. The fourth-order valence-corrected chi connectivity index (χ4v) is 2.38. The average molecular weight is 248 g/mol. The molecule has 0 unspecified atom stereocenters. The van der Waals surface area contributed by atoms with Gasteiger partial charge in [-0.15, -0.1) is 0 Å². The predicted molar refractivity (Wildman–Crippen MR) is 75.2 cm³/mol. The molecule has 1 aromatic heterocycles. The lowest BCUT2D eigenvalue weighted by Crippen LogP contribution is -2.42. The number of piperidine rings is 1. The Kier molecular flexibility index (Phi) is 4.17. The first-order valence-electron chi connectivity index (χ1n) is 6.88. The summed E-state index contributed by atoms with van der Waals surface area (Å²) < 4.78 is 0. The third-order valence-electron chi connectivity index (χ3n) is 3.64. The SMILES string of the molecule is CNC1CCN(c2nc(C)cc(C(C)C)n2)CC1. The number of hydrogen-bond donors (Lipinski definition) is 1. The zero-order chi connectivity index (χ0) is 13.1. The van der Waals surface area contributed by atoms with Gasteiger partial charge in [-0.25, -0.2) is 9.97 Å². The smallest absolute Gasteiger partial charge is 0.225 e. The summed E-state index contributed by atoms with van der Waals surface area (Å²) in [5, 5.41) is 3.35. The van der Waals surface area contributed by atoms with E-state index >= 15 is 0 Å². The van der Waals surface area contributed by atoms with Crippen LogP contribution in [0.15, 0.2) is 6.07 Å². The van der Waals surface area contributed by atoms with Gasteiger partial charge >= 0.3 is 0 Å². The molecule has 0 bridgehead atoms. The van der Waals surface area contributed by atoms with Crippen molar-refractivity contribution in [1.82, 2.24) is 15.3 Å². The Labute approximate surface area is 110 Å². The second kappa shape index (κ2) is 5.65. The fraction of sp³-hybridized carbons (Fsp3) is 0.714. The first-order valence-corrected chi connectivity index (χ1v) is 6.88. The highest BCUT2D eigenvalue weighted by molar-refractivity contribution is 5.33. The third-order valence-corrected chi connectivity index (χ3v) is 3.64. The van der Waals surface area contributed by atoms with E-state index in [2.05, 4.69) is 42.0 Å². The van der Waals surface area contributed by atoms with Crippen molar-refractivity contribution in [2.75, 3.05) is 25.0 Å². The van der Waals surface area contributed by atoms with Crippen LogP contribution in [0.1, 0.15) is 44.0 Å². The topological polar surface area (TPSA) is 41.0 Å². The molecule has 0 aliphatic carbocycles. The molecule has 1 N–H and O–H groups in total. The molecular weight excluding hydrogens is 224 g/mol. The van der Waals surface area contributed by atoms with Crippen molar-refractivity contribution in [3.63, 3.8) is 0 Å². The van der Waals surface area contributed by atoms with E-state index in [0.29, 0.717) is 12.0 Å². The van der Waals surface area contributed by atoms with Gasteiger partial charge in [-0.3, -0.25) is 0 Å². The van der Waals surface area contributed by atoms with Gasteiger partial charge in [-0.2, -0.15) is 0 Å². The van der Waals surface area contributed by atoms with Gasteiger partial charge in [0.25, 0.3) is 0 Å². The van der Waals surface area contributed by atoms with Crippen molar-refractivity contribution in [3.8, 4) is 0 Å². The summed E-state index contributed by atoms with van der Waals surface area (Å²) >= 11 is 0. The Hall–Kier alpha value is -1.16.